The first-order valence-electron chi connectivity index (χ1n) is 8.08. The largest absolute Gasteiger partial charge is 0.289 e. The number of nitrogens with zero attached hydrogens (tertiary/aromatic N) is 1. The van der Waals surface area contributed by atoms with Crippen molar-refractivity contribution in [1.82, 2.24) is 4.31 Å². The Morgan fingerprint density at radius 3 is 1.64 bits per heavy atom. The molecule has 0 heterocycles. The average molecular weight is 363 g/mol. The van der Waals surface area contributed by atoms with Gasteiger partial charge < -0.3 is 0 Å². The number of carbonyl (C=O) groups excluding carboxylic acids is 1. The lowest BCUT2D eigenvalue weighted by molar-refractivity contribution is 0.103. The topological polar surface area (TPSA) is 54.5 Å². The minimum atomic E-state index is -3.64. The molecule has 0 radical (unpaired) electrons. The third-order valence-electron chi connectivity index (χ3n) is 3.82. The number of ketones is 1. The second-order valence-corrected chi connectivity index (χ2v) is 8.23. The van der Waals surface area contributed by atoms with Crippen LogP contribution in [0.15, 0.2) is 53.4 Å². The number of hydrogen-bond donors (Lipinski definition) is 0. The van der Waals surface area contributed by atoms with E-state index in [0.29, 0.717) is 11.1 Å². The van der Waals surface area contributed by atoms with E-state index in [-0.39, 0.29) is 22.8 Å². The van der Waals surface area contributed by atoms with Crippen molar-refractivity contribution in [1.29, 1.82) is 0 Å². The lowest BCUT2D eigenvalue weighted by atomic mass is 10.0. The lowest BCUT2D eigenvalue weighted by Crippen LogP contribution is -2.41. The minimum absolute atomic E-state index is 0.144. The normalized spacial score (nSPS) is 12.2. The first kappa shape index (κ1) is 19.3. The molecule has 0 N–H and O–H groups in total. The van der Waals surface area contributed by atoms with Crippen molar-refractivity contribution in [2.24, 2.45) is 0 Å². The molecule has 0 spiro atoms. The van der Waals surface area contributed by atoms with E-state index in [1.165, 1.54) is 52.8 Å². The van der Waals surface area contributed by atoms with Crippen LogP contribution in [0.2, 0.25) is 0 Å². The van der Waals surface area contributed by atoms with E-state index in [1.807, 2.05) is 27.7 Å². The first-order chi connectivity index (χ1) is 11.6. The van der Waals surface area contributed by atoms with Gasteiger partial charge in [0.15, 0.2) is 5.78 Å². The van der Waals surface area contributed by atoms with Gasteiger partial charge in [0.05, 0.1) is 4.90 Å². The van der Waals surface area contributed by atoms with Crippen LogP contribution in [0.1, 0.15) is 43.6 Å². The zero-order valence-electron chi connectivity index (χ0n) is 14.7. The van der Waals surface area contributed by atoms with E-state index in [4.69, 9.17) is 0 Å². The Hall–Kier alpha value is -2.05. The molecule has 134 valence electrons. The van der Waals surface area contributed by atoms with Gasteiger partial charge >= 0.3 is 0 Å². The van der Waals surface area contributed by atoms with Crippen LogP contribution in [0.5, 0.6) is 0 Å². The summed E-state index contributed by atoms with van der Waals surface area (Å²) in [4.78, 5) is 12.5. The zero-order chi connectivity index (χ0) is 18.8. The van der Waals surface area contributed by atoms with Gasteiger partial charge in [-0.15, -0.1) is 0 Å². The highest BCUT2D eigenvalue weighted by Gasteiger charge is 2.29. The molecule has 0 aliphatic carbocycles. The Balaban J connectivity index is 2.33. The van der Waals surface area contributed by atoms with Gasteiger partial charge in [0.2, 0.25) is 10.0 Å². The molecule has 0 aromatic heterocycles. The number of rotatable bonds is 6. The van der Waals surface area contributed by atoms with E-state index in [9.17, 15) is 17.6 Å². The van der Waals surface area contributed by atoms with Gasteiger partial charge in [0, 0.05) is 23.2 Å². The molecule has 0 atom stereocenters. The van der Waals surface area contributed by atoms with Crippen LogP contribution in [0.3, 0.4) is 0 Å². The van der Waals surface area contributed by atoms with Gasteiger partial charge in [-0.1, -0.05) is 0 Å². The van der Waals surface area contributed by atoms with Gasteiger partial charge in [-0.05, 0) is 76.2 Å². The van der Waals surface area contributed by atoms with Gasteiger partial charge in [-0.3, -0.25) is 4.79 Å². The molecule has 6 heteroatoms. The molecule has 0 fully saturated rings. The Kier molecular flexibility index (Phi) is 5.75. The molecule has 0 aliphatic heterocycles. The van der Waals surface area contributed by atoms with Crippen molar-refractivity contribution in [3.05, 3.63) is 65.5 Å². The molecule has 0 saturated heterocycles. The van der Waals surface area contributed by atoms with Crippen molar-refractivity contribution in [2.75, 3.05) is 0 Å². The van der Waals surface area contributed by atoms with Crippen molar-refractivity contribution in [3.63, 3.8) is 0 Å². The van der Waals surface area contributed by atoms with E-state index < -0.39 is 15.8 Å². The molecule has 25 heavy (non-hydrogen) atoms. The number of sulfonamides is 1. The number of hydrogen-bond acceptors (Lipinski definition) is 3. The summed E-state index contributed by atoms with van der Waals surface area (Å²) in [7, 11) is -3.64. The zero-order valence-corrected chi connectivity index (χ0v) is 15.5. The minimum Gasteiger partial charge on any atom is -0.289 e. The molecule has 0 bridgehead atoms. The highest BCUT2D eigenvalue weighted by molar-refractivity contribution is 7.89. The molecule has 0 amide bonds. The molecule has 2 rings (SSSR count). The predicted octanol–water partition coefficient (Wildman–Crippen LogP) is 3.86. The highest BCUT2D eigenvalue weighted by atomic mass is 32.2. The fraction of sp³-hybridized carbons (Fsp3) is 0.316. The molecule has 0 saturated carbocycles. The lowest BCUT2D eigenvalue weighted by Gasteiger charge is -2.29. The molecular weight excluding hydrogens is 341 g/mol. The third kappa shape index (κ3) is 4.14. The summed E-state index contributed by atoms with van der Waals surface area (Å²) in [6.07, 6.45) is 0. The maximum atomic E-state index is 13.0. The van der Waals surface area contributed by atoms with Crippen LogP contribution in [0.25, 0.3) is 0 Å². The monoisotopic (exact) mass is 363 g/mol. The molecule has 4 nitrogen and oxygen atoms in total. The van der Waals surface area contributed by atoms with Gasteiger partial charge in [0.25, 0.3) is 0 Å². The first-order valence-corrected chi connectivity index (χ1v) is 9.52. The second kappa shape index (κ2) is 7.45. The molecule has 2 aromatic carbocycles. The van der Waals surface area contributed by atoms with Gasteiger partial charge in [-0.2, -0.15) is 4.31 Å². The summed E-state index contributed by atoms with van der Waals surface area (Å²) in [5.74, 6) is -0.700. The van der Waals surface area contributed by atoms with Crippen molar-refractivity contribution in [3.8, 4) is 0 Å². The van der Waals surface area contributed by atoms with Crippen LogP contribution in [0, 0.1) is 5.82 Å². The molecule has 0 unspecified atom stereocenters. The maximum absolute atomic E-state index is 13.0. The van der Waals surface area contributed by atoms with Gasteiger partial charge in [-0.25, -0.2) is 12.8 Å². The Morgan fingerprint density at radius 2 is 1.24 bits per heavy atom. The number of benzene rings is 2. The Bertz CT molecular complexity index is 833. The molecular formula is C19H22FNO3S. The van der Waals surface area contributed by atoms with E-state index in [1.54, 1.807) is 0 Å². The van der Waals surface area contributed by atoms with Crippen LogP contribution < -0.4 is 0 Å². The average Bonchev–Trinajstić information content (AvgIpc) is 2.54. The second-order valence-electron chi connectivity index (χ2n) is 6.38. The highest BCUT2D eigenvalue weighted by Crippen LogP contribution is 2.22. The predicted molar refractivity (Wildman–Crippen MR) is 95.6 cm³/mol. The van der Waals surface area contributed by atoms with Crippen LogP contribution in [-0.2, 0) is 10.0 Å². The molecule has 0 aliphatic rings. The summed E-state index contributed by atoms with van der Waals surface area (Å²) < 4.78 is 40.0. The molecule has 2 aromatic rings. The van der Waals surface area contributed by atoms with E-state index in [0.717, 1.165) is 0 Å². The van der Waals surface area contributed by atoms with Crippen LogP contribution in [0.4, 0.5) is 4.39 Å². The van der Waals surface area contributed by atoms with Crippen LogP contribution >= 0.6 is 0 Å². The van der Waals surface area contributed by atoms with Crippen molar-refractivity contribution in [2.45, 2.75) is 44.7 Å². The van der Waals surface area contributed by atoms with Crippen LogP contribution in [-0.4, -0.2) is 30.6 Å². The standard InChI is InChI=1S/C19H22FNO3S/c1-13(2)21(14(3)4)25(23,24)18-11-7-16(8-12-18)19(22)15-5-9-17(20)10-6-15/h5-14H,1-4H3. The van der Waals surface area contributed by atoms with E-state index in [2.05, 4.69) is 0 Å². The third-order valence-corrected chi connectivity index (χ3v) is 6.08. The summed E-state index contributed by atoms with van der Waals surface area (Å²) >= 11 is 0. The van der Waals surface area contributed by atoms with Crippen molar-refractivity contribution >= 4 is 15.8 Å². The number of halogens is 1. The maximum Gasteiger partial charge on any atom is 0.243 e. The fourth-order valence-corrected chi connectivity index (χ4v) is 4.65. The quantitative estimate of drug-likeness (QED) is 0.732. The summed E-state index contributed by atoms with van der Waals surface area (Å²) in [6, 6.07) is 10.7. The van der Waals surface area contributed by atoms with E-state index >= 15 is 0 Å². The number of carbonyl (C=O) groups is 1. The SMILES string of the molecule is CC(C)N(C(C)C)S(=O)(=O)c1ccc(C(=O)c2ccc(F)cc2)cc1. The van der Waals surface area contributed by atoms with Crippen molar-refractivity contribution < 1.29 is 17.6 Å². The Morgan fingerprint density at radius 1 is 0.840 bits per heavy atom. The summed E-state index contributed by atoms with van der Waals surface area (Å²) in [5, 5.41) is 0. The summed E-state index contributed by atoms with van der Waals surface area (Å²) in [6.45, 7) is 7.29. The summed E-state index contributed by atoms with van der Waals surface area (Å²) in [5.41, 5.74) is 0.703. The smallest absolute Gasteiger partial charge is 0.243 e. The fourth-order valence-electron chi connectivity index (χ4n) is 2.82. The van der Waals surface area contributed by atoms with Gasteiger partial charge in [0.1, 0.15) is 5.82 Å². The Labute approximate surface area is 148 Å².